The SMILES string of the molecule is CCOc1ccc(-n2c(O)c(C=Nc3cc(C)on3)c3ccccc3c2=O)cc1. The summed E-state index contributed by atoms with van der Waals surface area (Å²) in [7, 11) is 0. The summed E-state index contributed by atoms with van der Waals surface area (Å²) in [4.78, 5) is 17.4. The van der Waals surface area contributed by atoms with Gasteiger partial charge in [-0.25, -0.2) is 9.56 Å². The van der Waals surface area contributed by atoms with E-state index in [1.54, 1.807) is 61.5 Å². The molecule has 4 rings (SSSR count). The molecule has 7 nitrogen and oxygen atoms in total. The Kier molecular flexibility index (Phi) is 4.87. The van der Waals surface area contributed by atoms with Gasteiger partial charge in [-0.05, 0) is 44.2 Å². The van der Waals surface area contributed by atoms with Gasteiger partial charge in [0.25, 0.3) is 5.56 Å². The summed E-state index contributed by atoms with van der Waals surface area (Å²) >= 11 is 0. The number of pyridine rings is 1. The lowest BCUT2D eigenvalue weighted by molar-refractivity contribution is 0.340. The molecule has 0 aliphatic heterocycles. The number of benzene rings is 2. The lowest BCUT2D eigenvalue weighted by Gasteiger charge is -2.14. The normalized spacial score (nSPS) is 11.4. The highest BCUT2D eigenvalue weighted by Gasteiger charge is 2.16. The summed E-state index contributed by atoms with van der Waals surface area (Å²) in [6.45, 7) is 4.21. The Morgan fingerprint density at radius 1 is 1.17 bits per heavy atom. The van der Waals surface area contributed by atoms with E-state index >= 15 is 0 Å². The minimum Gasteiger partial charge on any atom is -0.494 e. The predicted octanol–water partition coefficient (Wildman–Crippen LogP) is 4.14. The van der Waals surface area contributed by atoms with Crippen LogP contribution in [0.2, 0.25) is 0 Å². The quantitative estimate of drug-likeness (QED) is 0.518. The molecule has 0 aliphatic carbocycles. The zero-order valence-electron chi connectivity index (χ0n) is 16.0. The molecule has 0 amide bonds. The van der Waals surface area contributed by atoms with Gasteiger partial charge in [-0.2, -0.15) is 0 Å². The van der Waals surface area contributed by atoms with Crippen molar-refractivity contribution in [2.45, 2.75) is 13.8 Å². The van der Waals surface area contributed by atoms with E-state index < -0.39 is 0 Å². The van der Waals surface area contributed by atoms with Crippen LogP contribution >= 0.6 is 0 Å². The summed E-state index contributed by atoms with van der Waals surface area (Å²) < 4.78 is 11.7. The smallest absolute Gasteiger partial charge is 0.265 e. The first kappa shape index (κ1) is 18.5. The molecule has 0 unspecified atom stereocenters. The third kappa shape index (κ3) is 3.50. The molecule has 0 saturated heterocycles. The van der Waals surface area contributed by atoms with Crippen LogP contribution in [0.15, 0.2) is 68.9 Å². The van der Waals surface area contributed by atoms with Gasteiger partial charge >= 0.3 is 0 Å². The fraction of sp³-hybridized carbons (Fsp3) is 0.136. The zero-order chi connectivity index (χ0) is 20.4. The second kappa shape index (κ2) is 7.63. The van der Waals surface area contributed by atoms with E-state index in [0.29, 0.717) is 46.0 Å². The molecule has 146 valence electrons. The Hall–Kier alpha value is -3.87. The fourth-order valence-corrected chi connectivity index (χ4v) is 3.13. The topological polar surface area (TPSA) is 89.8 Å². The number of hydrogen-bond donors (Lipinski definition) is 1. The number of ether oxygens (including phenoxy) is 1. The van der Waals surface area contributed by atoms with Crippen LogP contribution in [0, 0.1) is 6.92 Å². The van der Waals surface area contributed by atoms with Gasteiger partial charge in [0.15, 0.2) is 5.82 Å². The van der Waals surface area contributed by atoms with Crippen molar-refractivity contribution in [3.05, 3.63) is 76.3 Å². The second-order valence-electron chi connectivity index (χ2n) is 6.40. The van der Waals surface area contributed by atoms with Gasteiger partial charge in [-0.15, -0.1) is 0 Å². The van der Waals surface area contributed by atoms with E-state index in [4.69, 9.17) is 9.26 Å². The van der Waals surface area contributed by atoms with Crippen molar-refractivity contribution in [2.75, 3.05) is 6.61 Å². The van der Waals surface area contributed by atoms with Gasteiger partial charge in [-0.3, -0.25) is 4.79 Å². The summed E-state index contributed by atoms with van der Waals surface area (Å²) in [6.07, 6.45) is 1.49. The molecule has 7 heteroatoms. The van der Waals surface area contributed by atoms with Crippen LogP contribution in [0.25, 0.3) is 16.5 Å². The van der Waals surface area contributed by atoms with E-state index in [2.05, 4.69) is 10.1 Å². The number of aromatic nitrogens is 2. The van der Waals surface area contributed by atoms with Crippen LogP contribution in [0.1, 0.15) is 18.2 Å². The molecule has 0 saturated carbocycles. The summed E-state index contributed by atoms with van der Waals surface area (Å²) in [5.74, 6) is 1.49. The number of nitrogens with zero attached hydrogens (tertiary/aromatic N) is 3. The van der Waals surface area contributed by atoms with E-state index in [1.165, 1.54) is 10.8 Å². The van der Waals surface area contributed by atoms with Crippen molar-refractivity contribution in [3.8, 4) is 17.3 Å². The third-order valence-electron chi connectivity index (χ3n) is 4.45. The summed E-state index contributed by atoms with van der Waals surface area (Å²) in [6, 6.07) is 15.7. The Labute approximate surface area is 166 Å². The molecular weight excluding hydrogens is 370 g/mol. The van der Waals surface area contributed by atoms with Crippen molar-refractivity contribution < 1.29 is 14.4 Å². The standard InChI is InChI=1S/C22H19N3O4/c1-3-28-16-10-8-15(9-11-16)25-21(26)18-7-5-4-6-17(18)19(22(25)27)13-23-20-12-14(2)29-24-20/h4-13,27H,3H2,1-2H3. The number of rotatable bonds is 5. The van der Waals surface area contributed by atoms with E-state index in [9.17, 15) is 9.90 Å². The van der Waals surface area contributed by atoms with Crippen LogP contribution in [0.4, 0.5) is 5.82 Å². The van der Waals surface area contributed by atoms with Gasteiger partial charge in [0.05, 0.1) is 17.9 Å². The van der Waals surface area contributed by atoms with Crippen molar-refractivity contribution in [1.82, 2.24) is 9.72 Å². The van der Waals surface area contributed by atoms with Gasteiger partial charge in [0.1, 0.15) is 11.5 Å². The highest BCUT2D eigenvalue weighted by Crippen LogP contribution is 2.27. The highest BCUT2D eigenvalue weighted by molar-refractivity contribution is 6.02. The molecule has 0 bridgehead atoms. The average molecular weight is 389 g/mol. The number of fused-ring (bicyclic) bond motifs is 1. The monoisotopic (exact) mass is 389 g/mol. The highest BCUT2D eigenvalue weighted by atomic mass is 16.5. The molecule has 2 aromatic carbocycles. The van der Waals surface area contributed by atoms with Crippen LogP contribution in [-0.2, 0) is 0 Å². The molecule has 4 aromatic rings. The van der Waals surface area contributed by atoms with Crippen LogP contribution in [-0.4, -0.2) is 27.7 Å². The van der Waals surface area contributed by atoms with Crippen molar-refractivity contribution >= 4 is 22.8 Å². The molecular formula is C22H19N3O4. The van der Waals surface area contributed by atoms with E-state index in [1.807, 2.05) is 6.92 Å². The minimum atomic E-state index is -0.323. The largest absolute Gasteiger partial charge is 0.494 e. The van der Waals surface area contributed by atoms with Crippen LogP contribution in [0.5, 0.6) is 11.6 Å². The van der Waals surface area contributed by atoms with Crippen molar-refractivity contribution in [3.63, 3.8) is 0 Å². The first-order valence-electron chi connectivity index (χ1n) is 9.16. The van der Waals surface area contributed by atoms with Gasteiger partial charge < -0.3 is 14.4 Å². The lowest BCUT2D eigenvalue weighted by Crippen LogP contribution is -2.20. The lowest BCUT2D eigenvalue weighted by atomic mass is 10.1. The minimum absolute atomic E-state index is 0.207. The molecule has 2 heterocycles. The number of hydrogen-bond acceptors (Lipinski definition) is 6. The molecule has 1 N–H and O–H groups in total. The Bertz CT molecular complexity index is 1250. The number of aromatic hydroxyl groups is 1. The summed E-state index contributed by atoms with van der Waals surface area (Å²) in [5, 5.41) is 15.9. The van der Waals surface area contributed by atoms with Crippen molar-refractivity contribution in [2.24, 2.45) is 4.99 Å². The molecule has 0 aliphatic rings. The summed E-state index contributed by atoms with van der Waals surface area (Å²) in [5.41, 5.74) is 0.611. The molecule has 0 fully saturated rings. The van der Waals surface area contributed by atoms with Crippen LogP contribution < -0.4 is 10.3 Å². The molecule has 2 aromatic heterocycles. The van der Waals surface area contributed by atoms with E-state index in [0.717, 1.165) is 0 Å². The molecule has 29 heavy (non-hydrogen) atoms. The fourth-order valence-electron chi connectivity index (χ4n) is 3.13. The van der Waals surface area contributed by atoms with Gasteiger partial charge in [0, 0.05) is 23.1 Å². The second-order valence-corrected chi connectivity index (χ2v) is 6.40. The Morgan fingerprint density at radius 3 is 2.55 bits per heavy atom. The number of aliphatic imine (C=N–C) groups is 1. The zero-order valence-corrected chi connectivity index (χ0v) is 16.0. The van der Waals surface area contributed by atoms with Crippen LogP contribution in [0.3, 0.4) is 0 Å². The maximum atomic E-state index is 13.1. The maximum absolute atomic E-state index is 13.1. The first-order chi connectivity index (χ1) is 14.1. The maximum Gasteiger partial charge on any atom is 0.265 e. The number of aryl methyl sites for hydroxylation is 1. The van der Waals surface area contributed by atoms with Gasteiger partial charge in [-0.1, -0.05) is 23.4 Å². The average Bonchev–Trinajstić information content (AvgIpc) is 3.14. The first-order valence-corrected chi connectivity index (χ1v) is 9.16. The molecule has 0 radical (unpaired) electrons. The predicted molar refractivity (Wildman–Crippen MR) is 111 cm³/mol. The van der Waals surface area contributed by atoms with Gasteiger partial charge in [0.2, 0.25) is 5.88 Å². The molecule has 0 atom stereocenters. The van der Waals surface area contributed by atoms with E-state index in [-0.39, 0.29) is 11.4 Å². The Balaban J connectivity index is 1.91. The Morgan fingerprint density at radius 2 is 1.90 bits per heavy atom. The third-order valence-corrected chi connectivity index (χ3v) is 4.45. The van der Waals surface area contributed by atoms with Crippen molar-refractivity contribution in [1.29, 1.82) is 0 Å². The molecule has 0 spiro atoms.